The number of ether oxygens (including phenoxy) is 2. The van der Waals surface area contributed by atoms with Crippen molar-refractivity contribution in [2.24, 2.45) is 0 Å². The molecule has 4 rings (SSSR count). The molecule has 38 heavy (non-hydrogen) atoms. The smallest absolute Gasteiger partial charge is 0.294 e. The molecular formula is C28H32N4O6. The Morgan fingerprint density at radius 2 is 1.95 bits per heavy atom. The molecule has 200 valence electrons. The number of carbonyl (C=O) groups is 1. The zero-order valence-corrected chi connectivity index (χ0v) is 21.4. The van der Waals surface area contributed by atoms with Crippen LogP contribution in [0.5, 0.6) is 11.5 Å². The van der Waals surface area contributed by atoms with Crippen LogP contribution in [0, 0.1) is 10.1 Å². The molecule has 3 aromatic rings. The Hall–Kier alpha value is -4.34. The van der Waals surface area contributed by atoms with Crippen LogP contribution in [0.2, 0.25) is 0 Å². The fraction of sp³-hybridized carbons (Fsp3) is 0.357. The van der Waals surface area contributed by atoms with Crippen LogP contribution >= 0.6 is 0 Å². The quantitative estimate of drug-likeness (QED) is 0.148. The number of amides is 1. The lowest BCUT2D eigenvalue weighted by Crippen LogP contribution is -2.24. The van der Waals surface area contributed by atoms with Gasteiger partial charge in [0.2, 0.25) is 5.91 Å². The van der Waals surface area contributed by atoms with Crippen molar-refractivity contribution in [2.75, 3.05) is 38.7 Å². The van der Waals surface area contributed by atoms with E-state index < -0.39 is 5.09 Å². The Labute approximate surface area is 221 Å². The number of carbonyl (C=O) groups excluding carboxylic acids is 1. The number of benzene rings is 2. The predicted molar refractivity (Wildman–Crippen MR) is 145 cm³/mol. The zero-order chi connectivity index (χ0) is 26.7. The predicted octanol–water partition coefficient (Wildman–Crippen LogP) is 4.34. The number of hydrogen-bond acceptors (Lipinski definition) is 8. The molecule has 0 fully saturated rings. The third-order valence-electron chi connectivity index (χ3n) is 6.28. The van der Waals surface area contributed by atoms with Crippen molar-refractivity contribution in [2.45, 2.75) is 32.1 Å². The molecule has 1 aliphatic rings. The van der Waals surface area contributed by atoms with Crippen LogP contribution in [-0.2, 0) is 22.5 Å². The van der Waals surface area contributed by atoms with Crippen molar-refractivity contribution in [3.05, 3.63) is 75.5 Å². The number of rotatable bonds is 13. The van der Waals surface area contributed by atoms with Gasteiger partial charge in [-0.1, -0.05) is 24.3 Å². The molecule has 1 aliphatic carbocycles. The number of hydrogen-bond donors (Lipinski definition) is 2. The molecule has 2 aromatic carbocycles. The molecule has 10 heteroatoms. The summed E-state index contributed by atoms with van der Waals surface area (Å²) in [7, 11) is 1.49. The number of aromatic nitrogens is 1. The number of methoxy groups -OCH3 is 1. The summed E-state index contributed by atoms with van der Waals surface area (Å²) in [5, 5.41) is 17.0. The van der Waals surface area contributed by atoms with E-state index in [9.17, 15) is 14.9 Å². The Kier molecular flexibility index (Phi) is 9.33. The lowest BCUT2D eigenvalue weighted by atomic mass is 9.92. The highest BCUT2D eigenvalue weighted by Crippen LogP contribution is 2.33. The standard InChI is InChI=1S/C28H32N4O6/c1-36-26-19-20(11-13-25(26)37-17-18-38-32(34)35)12-14-27(33)29-15-6-16-30-28-21-7-2-4-9-23(21)31-24-10-5-3-8-22(24)28/h2,4,7,9,11-14,19H,3,5-6,8,10,15-18H2,1H3,(H,29,33)(H,30,31)/b14-12+. The number of aryl methyl sites for hydroxylation is 1. The second kappa shape index (κ2) is 13.3. The summed E-state index contributed by atoms with van der Waals surface area (Å²) >= 11 is 0. The lowest BCUT2D eigenvalue weighted by molar-refractivity contribution is -0.757. The van der Waals surface area contributed by atoms with Gasteiger partial charge < -0.3 is 24.9 Å². The van der Waals surface area contributed by atoms with E-state index in [1.54, 1.807) is 24.3 Å². The molecule has 2 N–H and O–H groups in total. The van der Waals surface area contributed by atoms with Gasteiger partial charge in [-0.15, -0.1) is 10.1 Å². The van der Waals surface area contributed by atoms with E-state index in [4.69, 9.17) is 14.5 Å². The van der Waals surface area contributed by atoms with E-state index in [1.807, 2.05) is 12.1 Å². The van der Waals surface area contributed by atoms with Crippen molar-refractivity contribution in [3.8, 4) is 11.5 Å². The first kappa shape index (κ1) is 26.7. The van der Waals surface area contributed by atoms with Crippen LogP contribution in [0.3, 0.4) is 0 Å². The SMILES string of the molecule is COc1cc(/C=C/C(=O)NCCCNc2c3c(nc4ccccc24)CCCC3)ccc1OCCO[N+](=O)[O-]. The molecule has 0 aliphatic heterocycles. The van der Waals surface area contributed by atoms with Gasteiger partial charge in [-0.05, 0) is 67.5 Å². The fourth-order valence-corrected chi connectivity index (χ4v) is 4.49. The zero-order valence-electron chi connectivity index (χ0n) is 21.4. The Morgan fingerprint density at radius 3 is 2.79 bits per heavy atom. The highest BCUT2D eigenvalue weighted by molar-refractivity contribution is 5.93. The first-order valence-electron chi connectivity index (χ1n) is 12.7. The number of anilines is 1. The summed E-state index contributed by atoms with van der Waals surface area (Å²) in [6, 6.07) is 13.4. The first-order valence-corrected chi connectivity index (χ1v) is 12.7. The van der Waals surface area contributed by atoms with Gasteiger partial charge in [0.05, 0.1) is 12.6 Å². The van der Waals surface area contributed by atoms with E-state index in [0.29, 0.717) is 18.0 Å². The van der Waals surface area contributed by atoms with Gasteiger partial charge in [0.1, 0.15) is 13.2 Å². The van der Waals surface area contributed by atoms with Crippen molar-refractivity contribution >= 4 is 28.6 Å². The average Bonchev–Trinajstić information content (AvgIpc) is 2.93. The molecule has 0 radical (unpaired) electrons. The van der Waals surface area contributed by atoms with Gasteiger partial charge in [-0.2, -0.15) is 0 Å². The van der Waals surface area contributed by atoms with Crippen molar-refractivity contribution in [1.82, 2.24) is 10.3 Å². The van der Waals surface area contributed by atoms with Crippen LogP contribution in [0.4, 0.5) is 5.69 Å². The average molecular weight is 521 g/mol. The highest BCUT2D eigenvalue weighted by Gasteiger charge is 2.17. The lowest BCUT2D eigenvalue weighted by Gasteiger charge is -2.21. The molecule has 1 amide bonds. The van der Waals surface area contributed by atoms with E-state index >= 15 is 0 Å². The molecule has 0 unspecified atom stereocenters. The summed E-state index contributed by atoms with van der Waals surface area (Å²) in [6.07, 6.45) is 8.38. The monoisotopic (exact) mass is 520 g/mol. The summed E-state index contributed by atoms with van der Waals surface area (Å²) in [4.78, 5) is 31.6. The summed E-state index contributed by atoms with van der Waals surface area (Å²) in [6.45, 7) is 1.11. The largest absolute Gasteiger partial charge is 0.493 e. The molecule has 10 nitrogen and oxygen atoms in total. The third kappa shape index (κ3) is 7.12. The van der Waals surface area contributed by atoms with Crippen LogP contribution in [0.15, 0.2) is 48.5 Å². The van der Waals surface area contributed by atoms with Crippen molar-refractivity contribution in [3.63, 3.8) is 0 Å². The summed E-state index contributed by atoms with van der Waals surface area (Å²) in [5.41, 5.74) is 5.49. The van der Waals surface area contributed by atoms with Crippen LogP contribution in [0.25, 0.3) is 17.0 Å². The molecule has 1 aromatic heterocycles. The number of para-hydroxylation sites is 1. The van der Waals surface area contributed by atoms with E-state index in [2.05, 4.69) is 27.6 Å². The van der Waals surface area contributed by atoms with Gasteiger partial charge >= 0.3 is 0 Å². The maximum absolute atomic E-state index is 12.3. The van der Waals surface area contributed by atoms with Crippen LogP contribution < -0.4 is 20.1 Å². The van der Waals surface area contributed by atoms with E-state index in [1.165, 1.54) is 43.0 Å². The van der Waals surface area contributed by atoms with E-state index in [-0.39, 0.29) is 19.1 Å². The molecular weight excluding hydrogens is 488 g/mol. The minimum atomic E-state index is -0.870. The normalized spacial score (nSPS) is 12.7. The molecule has 0 spiro atoms. The van der Waals surface area contributed by atoms with Crippen LogP contribution in [-0.4, -0.2) is 49.4 Å². The summed E-state index contributed by atoms with van der Waals surface area (Å²) in [5.74, 6) is 0.690. The first-order chi connectivity index (χ1) is 18.5. The molecule has 0 saturated heterocycles. The second-order valence-corrected chi connectivity index (χ2v) is 8.86. The van der Waals surface area contributed by atoms with Crippen molar-refractivity contribution < 1.29 is 24.2 Å². The molecule has 1 heterocycles. The summed E-state index contributed by atoms with van der Waals surface area (Å²) < 4.78 is 10.8. The fourth-order valence-electron chi connectivity index (χ4n) is 4.49. The molecule has 0 saturated carbocycles. The Balaban J connectivity index is 1.25. The van der Waals surface area contributed by atoms with Gasteiger partial charge in [0, 0.05) is 35.9 Å². The second-order valence-electron chi connectivity index (χ2n) is 8.86. The van der Waals surface area contributed by atoms with Gasteiger partial charge in [0.15, 0.2) is 11.5 Å². The Bertz CT molecular complexity index is 1310. The van der Waals surface area contributed by atoms with Crippen molar-refractivity contribution in [1.29, 1.82) is 0 Å². The van der Waals surface area contributed by atoms with Gasteiger partial charge in [-0.3, -0.25) is 9.78 Å². The topological polar surface area (TPSA) is 125 Å². The van der Waals surface area contributed by atoms with E-state index in [0.717, 1.165) is 42.3 Å². The van der Waals surface area contributed by atoms with Gasteiger partial charge in [0.25, 0.3) is 5.09 Å². The number of nitrogens with zero attached hydrogens (tertiary/aromatic N) is 2. The number of nitrogens with one attached hydrogen (secondary N) is 2. The maximum atomic E-state index is 12.3. The Morgan fingerprint density at radius 1 is 1.11 bits per heavy atom. The number of fused-ring (bicyclic) bond motifs is 2. The molecule has 0 atom stereocenters. The van der Waals surface area contributed by atoms with Crippen LogP contribution in [0.1, 0.15) is 36.1 Å². The maximum Gasteiger partial charge on any atom is 0.294 e. The molecule has 0 bridgehead atoms. The third-order valence-corrected chi connectivity index (χ3v) is 6.28. The number of pyridine rings is 1. The minimum absolute atomic E-state index is 0.00362. The van der Waals surface area contributed by atoms with Gasteiger partial charge in [-0.25, -0.2) is 0 Å². The highest BCUT2D eigenvalue weighted by atomic mass is 17.0. The minimum Gasteiger partial charge on any atom is -0.493 e.